The summed E-state index contributed by atoms with van der Waals surface area (Å²) in [6.07, 6.45) is 1.49. The number of thiocarbonyl (C=S) groups is 1. The number of aryl methyl sites for hydroxylation is 1. The van der Waals surface area contributed by atoms with Crippen LogP contribution < -0.4 is 15.0 Å². The van der Waals surface area contributed by atoms with Gasteiger partial charge in [0.25, 0.3) is 11.8 Å². The highest BCUT2D eigenvalue weighted by Crippen LogP contribution is 2.38. The van der Waals surface area contributed by atoms with Crippen LogP contribution >= 0.6 is 23.8 Å². The summed E-state index contributed by atoms with van der Waals surface area (Å²) in [7, 11) is 0. The molecule has 1 atom stereocenters. The van der Waals surface area contributed by atoms with E-state index in [1.165, 1.54) is 11.0 Å². The molecule has 3 aromatic carbocycles. The number of para-hydroxylation sites is 1. The Morgan fingerprint density at radius 1 is 0.946 bits per heavy atom. The lowest BCUT2D eigenvalue weighted by Crippen LogP contribution is -2.54. The lowest BCUT2D eigenvalue weighted by molar-refractivity contribution is -0.122. The number of anilines is 1. The van der Waals surface area contributed by atoms with Crippen LogP contribution in [0.15, 0.2) is 106 Å². The number of hydrogen-bond donors (Lipinski definition) is 1. The monoisotopic (exact) mass is 527 g/mol. The molecule has 184 valence electrons. The average molecular weight is 528 g/mol. The third kappa shape index (κ3) is 4.96. The Bertz CT molecular complexity index is 1490. The molecule has 0 spiro atoms. The van der Waals surface area contributed by atoms with Gasteiger partial charge in [0, 0.05) is 11.3 Å². The molecule has 1 fully saturated rings. The van der Waals surface area contributed by atoms with E-state index in [4.69, 9.17) is 28.6 Å². The zero-order valence-corrected chi connectivity index (χ0v) is 21.6. The van der Waals surface area contributed by atoms with E-state index in [0.29, 0.717) is 33.5 Å². The maximum absolute atomic E-state index is 13.5. The molecule has 8 heteroatoms. The highest BCUT2D eigenvalue weighted by Gasteiger charge is 2.36. The molecule has 1 unspecified atom stereocenters. The molecule has 6 nitrogen and oxygen atoms in total. The number of nitrogens with zero attached hydrogens (tertiary/aromatic N) is 2. The zero-order chi connectivity index (χ0) is 26.1. The normalized spacial score (nSPS) is 18.8. The zero-order valence-electron chi connectivity index (χ0n) is 20.1. The number of allylic oxidation sites excluding steroid dienone is 2. The van der Waals surface area contributed by atoms with E-state index in [1.54, 1.807) is 24.3 Å². The number of aliphatic imine (C=N–C) groups is 1. The first-order valence-corrected chi connectivity index (χ1v) is 12.4. The highest BCUT2D eigenvalue weighted by atomic mass is 35.5. The Kier molecular flexibility index (Phi) is 6.74. The minimum atomic E-state index is -0.584. The van der Waals surface area contributed by atoms with E-state index in [9.17, 15) is 9.59 Å². The Labute approximate surface area is 224 Å². The minimum absolute atomic E-state index is 0.00158. The van der Waals surface area contributed by atoms with Crippen molar-refractivity contribution in [3.05, 3.63) is 112 Å². The molecule has 2 aliphatic rings. The van der Waals surface area contributed by atoms with Gasteiger partial charge < -0.3 is 4.74 Å². The van der Waals surface area contributed by atoms with Gasteiger partial charge in [0.15, 0.2) is 5.11 Å². The largest absolute Gasteiger partial charge is 0.457 e. The molecule has 0 aliphatic carbocycles. The number of ether oxygens (including phenoxy) is 1. The van der Waals surface area contributed by atoms with Crippen LogP contribution in [0.3, 0.4) is 0 Å². The fourth-order valence-corrected chi connectivity index (χ4v) is 4.75. The third-order valence-electron chi connectivity index (χ3n) is 6.07. The molecule has 2 amide bonds. The Hall–Kier alpha value is -4.07. The summed E-state index contributed by atoms with van der Waals surface area (Å²) in [4.78, 5) is 32.2. The number of nitrogens with one attached hydrogen (secondary N) is 1. The van der Waals surface area contributed by atoms with Crippen molar-refractivity contribution < 1.29 is 14.3 Å². The predicted octanol–water partition coefficient (Wildman–Crippen LogP) is 6.17. The number of halogens is 1. The van der Waals surface area contributed by atoms with E-state index in [2.05, 4.69) is 10.3 Å². The summed E-state index contributed by atoms with van der Waals surface area (Å²) in [5.41, 5.74) is 3.67. The molecule has 0 bridgehead atoms. The maximum Gasteiger partial charge on any atom is 0.270 e. The quantitative estimate of drug-likeness (QED) is 0.245. The van der Waals surface area contributed by atoms with Crippen LogP contribution in [-0.4, -0.2) is 22.6 Å². The first kappa shape index (κ1) is 24.6. The lowest BCUT2D eigenvalue weighted by Gasteiger charge is -2.29. The maximum atomic E-state index is 13.5. The number of carbonyl (C=O) groups is 2. The van der Waals surface area contributed by atoms with Gasteiger partial charge in [-0.05, 0) is 74.1 Å². The van der Waals surface area contributed by atoms with Gasteiger partial charge in [-0.1, -0.05) is 59.6 Å². The molecule has 2 aliphatic heterocycles. The summed E-state index contributed by atoms with van der Waals surface area (Å²) < 4.78 is 5.83. The SMILES string of the molecule is CC1=NC(c2ccc(C)cc2)C(Cl)=C1/C=C1\C(=O)NC(=S)N(c2ccc(Oc3ccccc3)cc2)C1=O. The van der Waals surface area contributed by atoms with Crippen molar-refractivity contribution in [2.45, 2.75) is 19.9 Å². The lowest BCUT2D eigenvalue weighted by atomic mass is 10.0. The van der Waals surface area contributed by atoms with E-state index < -0.39 is 11.8 Å². The Morgan fingerprint density at radius 3 is 2.27 bits per heavy atom. The summed E-state index contributed by atoms with van der Waals surface area (Å²) in [5.74, 6) is 0.162. The Morgan fingerprint density at radius 2 is 1.59 bits per heavy atom. The number of hydrogen-bond acceptors (Lipinski definition) is 5. The third-order valence-corrected chi connectivity index (χ3v) is 6.76. The molecule has 0 aromatic heterocycles. The van der Waals surface area contributed by atoms with Crippen LogP contribution in [0.5, 0.6) is 11.5 Å². The van der Waals surface area contributed by atoms with Crippen molar-refractivity contribution >= 4 is 52.1 Å². The standard InChI is InChI=1S/C29H22ClN3O3S/c1-17-8-10-19(11-9-17)26-25(30)23(18(2)31-26)16-24-27(34)32-29(37)33(28(24)35)20-12-14-22(15-13-20)36-21-6-4-3-5-7-21/h3-16,26H,1-2H3,(H,32,34,37)/b24-16+. The Balaban J connectivity index is 1.43. The topological polar surface area (TPSA) is 71.0 Å². The molecule has 37 heavy (non-hydrogen) atoms. The van der Waals surface area contributed by atoms with Gasteiger partial charge in [0.2, 0.25) is 0 Å². The van der Waals surface area contributed by atoms with Crippen LogP contribution in [-0.2, 0) is 9.59 Å². The van der Waals surface area contributed by atoms with Crippen LogP contribution in [0, 0.1) is 6.92 Å². The van der Waals surface area contributed by atoms with Crippen LogP contribution in [0.25, 0.3) is 0 Å². The molecule has 1 saturated heterocycles. The van der Waals surface area contributed by atoms with E-state index in [1.807, 2.05) is 68.4 Å². The second kappa shape index (κ2) is 10.1. The second-order valence-corrected chi connectivity index (χ2v) is 9.45. The molecule has 1 N–H and O–H groups in total. The van der Waals surface area contributed by atoms with Gasteiger partial charge in [-0.15, -0.1) is 0 Å². The fraction of sp³-hybridized carbons (Fsp3) is 0.103. The van der Waals surface area contributed by atoms with Gasteiger partial charge in [-0.3, -0.25) is 24.8 Å². The number of benzene rings is 3. The number of rotatable bonds is 5. The smallest absolute Gasteiger partial charge is 0.270 e. The predicted molar refractivity (Wildman–Crippen MR) is 149 cm³/mol. The van der Waals surface area contributed by atoms with Crippen LogP contribution in [0.1, 0.15) is 24.1 Å². The second-order valence-electron chi connectivity index (χ2n) is 8.66. The molecule has 3 aromatic rings. The van der Waals surface area contributed by atoms with Crippen molar-refractivity contribution in [2.24, 2.45) is 4.99 Å². The molecular weight excluding hydrogens is 506 g/mol. The van der Waals surface area contributed by atoms with Crippen molar-refractivity contribution in [1.29, 1.82) is 0 Å². The fourth-order valence-electron chi connectivity index (χ4n) is 4.11. The molecular formula is C29H22ClN3O3S. The molecule has 0 saturated carbocycles. The average Bonchev–Trinajstić information content (AvgIpc) is 3.16. The molecule has 2 heterocycles. The van der Waals surface area contributed by atoms with Gasteiger partial charge in [-0.2, -0.15) is 0 Å². The minimum Gasteiger partial charge on any atom is -0.457 e. The molecule has 0 radical (unpaired) electrons. The van der Waals surface area contributed by atoms with Crippen molar-refractivity contribution in [3.8, 4) is 11.5 Å². The summed E-state index contributed by atoms with van der Waals surface area (Å²) >= 11 is 12.0. The van der Waals surface area contributed by atoms with E-state index in [-0.39, 0.29) is 16.7 Å². The van der Waals surface area contributed by atoms with Gasteiger partial charge >= 0.3 is 0 Å². The first-order chi connectivity index (χ1) is 17.8. The summed E-state index contributed by atoms with van der Waals surface area (Å²) in [5, 5.41) is 3.06. The van der Waals surface area contributed by atoms with E-state index in [0.717, 1.165) is 11.1 Å². The van der Waals surface area contributed by atoms with Crippen molar-refractivity contribution in [3.63, 3.8) is 0 Å². The van der Waals surface area contributed by atoms with E-state index >= 15 is 0 Å². The van der Waals surface area contributed by atoms with Gasteiger partial charge in [-0.25, -0.2) is 0 Å². The van der Waals surface area contributed by atoms with Gasteiger partial charge in [0.05, 0.1) is 10.7 Å². The van der Waals surface area contributed by atoms with Crippen LogP contribution in [0.2, 0.25) is 0 Å². The van der Waals surface area contributed by atoms with Crippen molar-refractivity contribution in [2.75, 3.05) is 4.90 Å². The number of carbonyl (C=O) groups excluding carboxylic acids is 2. The number of amides is 2. The molecule has 5 rings (SSSR count). The first-order valence-electron chi connectivity index (χ1n) is 11.6. The highest BCUT2D eigenvalue weighted by molar-refractivity contribution is 7.80. The van der Waals surface area contributed by atoms with Gasteiger partial charge in [0.1, 0.15) is 23.1 Å². The summed E-state index contributed by atoms with van der Waals surface area (Å²) in [6.45, 7) is 3.82. The van der Waals surface area contributed by atoms with Crippen molar-refractivity contribution in [1.82, 2.24) is 5.32 Å². The summed E-state index contributed by atoms with van der Waals surface area (Å²) in [6, 6.07) is 23.8. The van der Waals surface area contributed by atoms with Crippen LogP contribution in [0.4, 0.5) is 5.69 Å².